The van der Waals surface area contributed by atoms with Gasteiger partial charge >= 0.3 is 0 Å². The number of allylic oxidation sites excluding steroid dienone is 4. The summed E-state index contributed by atoms with van der Waals surface area (Å²) in [7, 11) is 0. The van der Waals surface area contributed by atoms with E-state index in [4.69, 9.17) is 0 Å². The number of hydrogen-bond acceptors (Lipinski definition) is 0. The van der Waals surface area contributed by atoms with Crippen LogP contribution in [0.5, 0.6) is 0 Å². The van der Waals surface area contributed by atoms with Crippen molar-refractivity contribution in [3.63, 3.8) is 0 Å². The second kappa shape index (κ2) is 2.73. The highest BCUT2D eigenvalue weighted by Crippen LogP contribution is 2.71. The van der Waals surface area contributed by atoms with Crippen LogP contribution in [-0.2, 0) is 0 Å². The van der Waals surface area contributed by atoms with Gasteiger partial charge in [0, 0.05) is 0 Å². The molecule has 5 rings (SSSR count). The maximum Gasteiger partial charge on any atom is -0.0165 e. The average Bonchev–Trinajstić information content (AvgIpc) is 2.94. The first kappa shape index (κ1) is 9.42. The summed E-state index contributed by atoms with van der Waals surface area (Å²) in [5, 5.41) is 0. The molecule has 0 aromatic carbocycles. The fourth-order valence-electron chi connectivity index (χ4n) is 6.89. The first-order chi connectivity index (χ1) is 8.24. The molecule has 0 saturated heterocycles. The summed E-state index contributed by atoms with van der Waals surface area (Å²) < 4.78 is 0. The maximum absolute atomic E-state index is 2.66. The van der Waals surface area contributed by atoms with Crippen LogP contribution in [0.15, 0.2) is 23.3 Å². The van der Waals surface area contributed by atoms with Gasteiger partial charge in [-0.1, -0.05) is 23.3 Å². The Bertz CT molecular complexity index is 455. The zero-order valence-corrected chi connectivity index (χ0v) is 10.9. The van der Waals surface area contributed by atoms with E-state index in [-0.39, 0.29) is 0 Å². The summed E-state index contributed by atoms with van der Waals surface area (Å²) >= 11 is 0. The van der Waals surface area contributed by atoms with Crippen molar-refractivity contribution in [1.82, 2.24) is 0 Å². The quantitative estimate of drug-likeness (QED) is 0.432. The van der Waals surface area contributed by atoms with Crippen LogP contribution in [0.4, 0.5) is 0 Å². The molecule has 0 heterocycles. The molecule has 0 nitrogen and oxygen atoms in total. The van der Waals surface area contributed by atoms with Gasteiger partial charge in [0.05, 0.1) is 0 Å². The Morgan fingerprint density at radius 2 is 1.82 bits per heavy atom. The summed E-state index contributed by atoms with van der Waals surface area (Å²) in [4.78, 5) is 0. The standard InChI is InChI=1S/C17H22/c1-8-3-12-13(4-8)15-7-14(12)16-10-5-9(2)11(6-10)17(15)16/h4-5,10-17H,3,6-7H2,1-2H3. The molecule has 5 aliphatic carbocycles. The highest BCUT2D eigenvalue weighted by atomic mass is 14.7. The molecule has 3 fully saturated rings. The van der Waals surface area contributed by atoms with E-state index in [9.17, 15) is 0 Å². The number of fused-ring (bicyclic) bond motifs is 12. The Labute approximate surface area is 104 Å². The summed E-state index contributed by atoms with van der Waals surface area (Å²) in [6.07, 6.45) is 9.86. The third kappa shape index (κ3) is 0.914. The van der Waals surface area contributed by atoms with Crippen LogP contribution in [0.3, 0.4) is 0 Å². The summed E-state index contributed by atoms with van der Waals surface area (Å²) in [6.45, 7) is 4.77. The zero-order valence-electron chi connectivity index (χ0n) is 10.9. The van der Waals surface area contributed by atoms with Gasteiger partial charge in [0.25, 0.3) is 0 Å². The molecule has 0 aromatic heterocycles. The van der Waals surface area contributed by atoms with Crippen molar-refractivity contribution in [2.75, 3.05) is 0 Å². The van der Waals surface area contributed by atoms with Gasteiger partial charge in [0.2, 0.25) is 0 Å². The second-order valence-corrected chi connectivity index (χ2v) is 7.59. The first-order valence-corrected chi connectivity index (χ1v) is 7.59. The van der Waals surface area contributed by atoms with Crippen LogP contribution in [-0.4, -0.2) is 0 Å². The topological polar surface area (TPSA) is 0 Å². The van der Waals surface area contributed by atoms with Crippen molar-refractivity contribution >= 4 is 0 Å². The summed E-state index contributed by atoms with van der Waals surface area (Å²) in [5.41, 5.74) is 3.45. The summed E-state index contributed by atoms with van der Waals surface area (Å²) in [5.74, 6) is 8.42. The molecule has 0 spiro atoms. The van der Waals surface area contributed by atoms with Gasteiger partial charge in [-0.2, -0.15) is 0 Å². The SMILES string of the molecule is CC1=CC2C(C1)C1CC2C2C3CC(C=C3C)C12. The van der Waals surface area contributed by atoms with Crippen LogP contribution in [0.2, 0.25) is 0 Å². The van der Waals surface area contributed by atoms with Crippen molar-refractivity contribution in [2.45, 2.75) is 33.1 Å². The normalized spacial score (nSPS) is 61.5. The van der Waals surface area contributed by atoms with Crippen LogP contribution in [0.1, 0.15) is 33.1 Å². The van der Waals surface area contributed by atoms with Gasteiger partial charge in [-0.05, 0) is 80.5 Å². The molecule has 4 bridgehead atoms. The highest BCUT2D eigenvalue weighted by molar-refractivity contribution is 5.30. The predicted octanol–water partition coefficient (Wildman–Crippen LogP) is 4.05. The molecule has 0 aliphatic heterocycles. The third-order valence-corrected chi connectivity index (χ3v) is 7.10. The van der Waals surface area contributed by atoms with Gasteiger partial charge in [0.1, 0.15) is 0 Å². The van der Waals surface area contributed by atoms with E-state index in [1.807, 2.05) is 0 Å². The van der Waals surface area contributed by atoms with Gasteiger partial charge in [0.15, 0.2) is 0 Å². The predicted molar refractivity (Wildman–Crippen MR) is 69.3 cm³/mol. The largest absolute Gasteiger partial charge is 0.0819 e. The Balaban J connectivity index is 1.59. The first-order valence-electron chi connectivity index (χ1n) is 7.59. The fraction of sp³-hybridized carbons (Fsp3) is 0.765. The van der Waals surface area contributed by atoms with Crippen LogP contribution < -0.4 is 0 Å². The van der Waals surface area contributed by atoms with Crippen LogP contribution in [0, 0.1) is 47.3 Å². The van der Waals surface area contributed by atoms with Gasteiger partial charge in [-0.15, -0.1) is 0 Å². The maximum atomic E-state index is 2.66. The van der Waals surface area contributed by atoms with Crippen molar-refractivity contribution in [2.24, 2.45) is 47.3 Å². The molecule has 8 unspecified atom stereocenters. The lowest BCUT2D eigenvalue weighted by molar-refractivity contribution is 0.118. The summed E-state index contributed by atoms with van der Waals surface area (Å²) in [6, 6.07) is 0. The van der Waals surface area contributed by atoms with Crippen molar-refractivity contribution in [3.8, 4) is 0 Å². The Hall–Kier alpha value is -0.520. The number of rotatable bonds is 0. The molecule has 0 N–H and O–H groups in total. The lowest BCUT2D eigenvalue weighted by atomic mass is 9.64. The Morgan fingerprint density at radius 3 is 2.71 bits per heavy atom. The van der Waals surface area contributed by atoms with E-state index in [0.29, 0.717) is 0 Å². The van der Waals surface area contributed by atoms with E-state index < -0.39 is 0 Å². The smallest absolute Gasteiger partial charge is 0.0165 e. The molecule has 5 aliphatic rings. The van der Waals surface area contributed by atoms with E-state index in [2.05, 4.69) is 26.0 Å². The van der Waals surface area contributed by atoms with Crippen molar-refractivity contribution < 1.29 is 0 Å². The zero-order chi connectivity index (χ0) is 11.3. The van der Waals surface area contributed by atoms with E-state index >= 15 is 0 Å². The van der Waals surface area contributed by atoms with E-state index in [0.717, 1.165) is 47.3 Å². The van der Waals surface area contributed by atoms with Gasteiger partial charge < -0.3 is 0 Å². The van der Waals surface area contributed by atoms with Crippen molar-refractivity contribution in [3.05, 3.63) is 23.3 Å². The highest BCUT2D eigenvalue weighted by Gasteiger charge is 2.65. The molecule has 0 aromatic rings. The van der Waals surface area contributed by atoms with Crippen LogP contribution in [0.25, 0.3) is 0 Å². The minimum Gasteiger partial charge on any atom is -0.0819 e. The molecular formula is C17H22. The fourth-order valence-corrected chi connectivity index (χ4v) is 6.89. The molecular weight excluding hydrogens is 204 g/mol. The third-order valence-electron chi connectivity index (χ3n) is 7.10. The van der Waals surface area contributed by atoms with Gasteiger partial charge in [-0.25, -0.2) is 0 Å². The number of hydrogen-bond donors (Lipinski definition) is 0. The Kier molecular flexibility index (Phi) is 1.51. The minimum atomic E-state index is 0.988. The molecule has 90 valence electrons. The van der Waals surface area contributed by atoms with E-state index in [1.165, 1.54) is 12.8 Å². The monoisotopic (exact) mass is 226 g/mol. The van der Waals surface area contributed by atoms with E-state index in [1.54, 1.807) is 17.6 Å². The minimum absolute atomic E-state index is 0.988. The van der Waals surface area contributed by atoms with Crippen molar-refractivity contribution in [1.29, 1.82) is 0 Å². The molecule has 17 heavy (non-hydrogen) atoms. The van der Waals surface area contributed by atoms with Crippen LogP contribution >= 0.6 is 0 Å². The molecule has 8 atom stereocenters. The average molecular weight is 226 g/mol. The molecule has 0 radical (unpaired) electrons. The molecule has 3 saturated carbocycles. The Morgan fingerprint density at radius 1 is 0.941 bits per heavy atom. The second-order valence-electron chi connectivity index (χ2n) is 7.59. The van der Waals surface area contributed by atoms with Gasteiger partial charge in [-0.3, -0.25) is 0 Å². The molecule has 0 amide bonds. The molecule has 0 heteroatoms. The lowest BCUT2D eigenvalue weighted by Crippen LogP contribution is -2.35. The lowest BCUT2D eigenvalue weighted by Gasteiger charge is -2.40.